The molecule has 4 rings (SSSR count). The maximum atomic E-state index is 14.0. The van der Waals surface area contributed by atoms with E-state index in [1.54, 1.807) is 28.8 Å². The maximum Gasteiger partial charge on any atom is 0.244 e. The molecule has 3 heterocycles. The molecule has 3 unspecified atom stereocenters. The molecule has 0 aliphatic carbocycles. The summed E-state index contributed by atoms with van der Waals surface area (Å²) < 4.78 is 4.81. The number of unbranched alkanes of at least 4 members (excludes halogenated alkanes) is 1. The topological polar surface area (TPSA) is 108 Å². The Labute approximate surface area is 217 Å². The minimum Gasteiger partial charge on any atom is -0.494 e. The Bertz CT molecular complexity index is 969. The molecule has 9 heteroatoms. The van der Waals surface area contributed by atoms with Crippen LogP contribution in [0.5, 0.6) is 5.75 Å². The van der Waals surface area contributed by atoms with Crippen LogP contribution >= 0.6 is 11.8 Å². The minimum absolute atomic E-state index is 0.0288. The maximum absolute atomic E-state index is 14.0. The summed E-state index contributed by atoms with van der Waals surface area (Å²) in [6.07, 6.45) is 3.13. The molecule has 8 nitrogen and oxygen atoms in total. The second-order valence-corrected chi connectivity index (χ2v) is 11.7. The number of aliphatic hydroxyl groups excluding tert-OH is 1. The molecule has 198 valence electrons. The van der Waals surface area contributed by atoms with Crippen molar-refractivity contribution in [2.75, 3.05) is 25.1 Å². The van der Waals surface area contributed by atoms with Gasteiger partial charge in [-0.15, -0.1) is 11.8 Å². The highest BCUT2D eigenvalue weighted by Gasteiger charge is 2.76. The van der Waals surface area contributed by atoms with Crippen molar-refractivity contribution in [3.8, 4) is 5.75 Å². The lowest BCUT2D eigenvalue weighted by atomic mass is 9.66. The second kappa shape index (κ2) is 11.0. The van der Waals surface area contributed by atoms with Gasteiger partial charge in [0.25, 0.3) is 0 Å². The van der Waals surface area contributed by atoms with Gasteiger partial charge in [-0.2, -0.15) is 0 Å². The van der Waals surface area contributed by atoms with Gasteiger partial charge in [-0.3, -0.25) is 14.4 Å². The Morgan fingerprint density at radius 3 is 2.56 bits per heavy atom. The van der Waals surface area contributed by atoms with E-state index in [4.69, 9.17) is 4.74 Å². The van der Waals surface area contributed by atoms with Crippen molar-refractivity contribution in [2.24, 2.45) is 17.8 Å². The van der Waals surface area contributed by atoms with Crippen LogP contribution in [0.2, 0.25) is 0 Å². The number of likely N-dealkylation sites (tertiary alicyclic amines) is 1. The zero-order valence-electron chi connectivity index (χ0n) is 21.7. The number of nitrogens with zero attached hydrogens (tertiary/aromatic N) is 1. The van der Waals surface area contributed by atoms with E-state index < -0.39 is 28.7 Å². The van der Waals surface area contributed by atoms with Gasteiger partial charge in [0.15, 0.2) is 0 Å². The lowest BCUT2D eigenvalue weighted by Gasteiger charge is -2.40. The highest BCUT2D eigenvalue weighted by atomic mass is 32.2. The smallest absolute Gasteiger partial charge is 0.244 e. The first kappa shape index (κ1) is 26.8. The second-order valence-electron chi connectivity index (χ2n) is 10.1. The van der Waals surface area contributed by atoms with Gasteiger partial charge in [0.05, 0.1) is 35.8 Å². The fraction of sp³-hybridized carbons (Fsp3) is 0.667. The SMILES string of the molecule is CCCCNC(=O)C1N([C@@H](CC)CO)C(=O)[C@@H]2[C@H](C(=O)Nc3ccc(OCC)cc3)[C@@H]3CC(C)C12S3. The molecule has 3 saturated heterocycles. The van der Waals surface area contributed by atoms with Crippen LogP contribution in [-0.4, -0.2) is 69.6 Å². The lowest BCUT2D eigenvalue weighted by Crippen LogP contribution is -2.58. The van der Waals surface area contributed by atoms with Crippen molar-refractivity contribution in [1.29, 1.82) is 0 Å². The van der Waals surface area contributed by atoms with Crippen LogP contribution in [0.3, 0.4) is 0 Å². The molecule has 1 aromatic carbocycles. The fourth-order valence-corrected chi connectivity index (χ4v) is 8.79. The summed E-state index contributed by atoms with van der Waals surface area (Å²) in [6, 6.07) is 6.06. The predicted molar refractivity (Wildman–Crippen MR) is 141 cm³/mol. The minimum atomic E-state index is -0.697. The molecule has 2 bridgehead atoms. The van der Waals surface area contributed by atoms with E-state index in [1.807, 2.05) is 26.0 Å². The van der Waals surface area contributed by atoms with Crippen LogP contribution in [0.1, 0.15) is 53.4 Å². The number of fused-ring (bicyclic) bond motifs is 1. The number of aliphatic hydroxyl groups is 1. The number of hydrogen-bond acceptors (Lipinski definition) is 6. The molecule has 1 aromatic rings. The summed E-state index contributed by atoms with van der Waals surface area (Å²) in [5.41, 5.74) is 0.649. The quantitative estimate of drug-likeness (QED) is 0.390. The highest BCUT2D eigenvalue weighted by molar-refractivity contribution is 8.02. The Morgan fingerprint density at radius 1 is 1.22 bits per heavy atom. The number of anilines is 1. The number of rotatable bonds is 11. The molecular formula is C27H39N3O5S. The highest BCUT2D eigenvalue weighted by Crippen LogP contribution is 2.68. The first-order chi connectivity index (χ1) is 17.3. The summed E-state index contributed by atoms with van der Waals surface area (Å²) >= 11 is 1.65. The molecule has 3 aliphatic rings. The van der Waals surface area contributed by atoms with E-state index >= 15 is 0 Å². The zero-order valence-corrected chi connectivity index (χ0v) is 22.5. The molecule has 7 atom stereocenters. The summed E-state index contributed by atoms with van der Waals surface area (Å²) in [5, 5.41) is 16.2. The largest absolute Gasteiger partial charge is 0.494 e. The van der Waals surface area contributed by atoms with Crippen molar-refractivity contribution < 1.29 is 24.2 Å². The molecule has 36 heavy (non-hydrogen) atoms. The van der Waals surface area contributed by atoms with E-state index in [0.717, 1.165) is 25.0 Å². The van der Waals surface area contributed by atoms with Crippen LogP contribution in [0.4, 0.5) is 5.69 Å². The normalized spacial score (nSPS) is 31.3. The molecule has 3 N–H and O–H groups in total. The van der Waals surface area contributed by atoms with E-state index in [9.17, 15) is 19.5 Å². The lowest BCUT2D eigenvalue weighted by molar-refractivity contribution is -0.142. The third-order valence-corrected chi connectivity index (χ3v) is 10.1. The van der Waals surface area contributed by atoms with Crippen LogP contribution in [0.15, 0.2) is 24.3 Å². The summed E-state index contributed by atoms with van der Waals surface area (Å²) in [5.74, 6) is -0.837. The number of benzene rings is 1. The zero-order chi connectivity index (χ0) is 26.0. The number of hydrogen-bond donors (Lipinski definition) is 3. The van der Waals surface area contributed by atoms with Crippen molar-refractivity contribution in [3.63, 3.8) is 0 Å². The Balaban J connectivity index is 1.65. The summed E-state index contributed by atoms with van der Waals surface area (Å²) in [7, 11) is 0. The fourth-order valence-electron chi connectivity index (χ4n) is 6.38. The molecule has 0 aromatic heterocycles. The van der Waals surface area contributed by atoms with Gasteiger partial charge in [-0.05, 0) is 56.4 Å². The molecule has 0 radical (unpaired) electrons. The standard InChI is InChI=1S/C27H39N3O5S/c1-5-8-13-28-25(33)23-27-16(4)14-20(36-27)21(22(27)26(34)30(23)18(6-2)15-31)24(32)29-17-9-11-19(12-10-17)35-7-3/h9-12,16,18,20-23,31H,5-8,13-15H2,1-4H3,(H,28,33)(H,29,32)/t16?,18-,20-,21+,22-,23?,27?/m0/s1. The van der Waals surface area contributed by atoms with E-state index in [2.05, 4.69) is 24.5 Å². The van der Waals surface area contributed by atoms with Crippen LogP contribution < -0.4 is 15.4 Å². The van der Waals surface area contributed by atoms with Gasteiger partial charge in [-0.1, -0.05) is 27.2 Å². The van der Waals surface area contributed by atoms with Crippen molar-refractivity contribution in [3.05, 3.63) is 24.3 Å². The average molecular weight is 518 g/mol. The molecule has 1 spiro atoms. The van der Waals surface area contributed by atoms with Gasteiger partial charge < -0.3 is 25.4 Å². The number of carbonyl (C=O) groups excluding carboxylic acids is 3. The Hall–Kier alpha value is -2.26. The molecule has 0 saturated carbocycles. The Morgan fingerprint density at radius 2 is 1.94 bits per heavy atom. The molecule has 3 aliphatic heterocycles. The van der Waals surface area contributed by atoms with Gasteiger partial charge in [-0.25, -0.2) is 0 Å². The third-order valence-electron chi connectivity index (χ3n) is 8.07. The van der Waals surface area contributed by atoms with E-state index in [1.165, 1.54) is 0 Å². The third kappa shape index (κ3) is 4.38. The van der Waals surface area contributed by atoms with Crippen LogP contribution in [0, 0.1) is 17.8 Å². The molecular weight excluding hydrogens is 478 g/mol. The van der Waals surface area contributed by atoms with Gasteiger partial charge in [0.1, 0.15) is 11.8 Å². The Kier molecular flexibility index (Phi) is 8.19. The van der Waals surface area contributed by atoms with Gasteiger partial charge in [0.2, 0.25) is 17.7 Å². The predicted octanol–water partition coefficient (Wildman–Crippen LogP) is 3.05. The van der Waals surface area contributed by atoms with Gasteiger partial charge in [0, 0.05) is 17.5 Å². The summed E-state index contributed by atoms with van der Waals surface area (Å²) in [4.78, 5) is 42.9. The first-order valence-electron chi connectivity index (χ1n) is 13.3. The van der Waals surface area contributed by atoms with Crippen molar-refractivity contribution >= 4 is 35.2 Å². The number of nitrogens with one attached hydrogen (secondary N) is 2. The van der Waals surface area contributed by atoms with Crippen LogP contribution in [0.25, 0.3) is 0 Å². The monoisotopic (exact) mass is 517 g/mol. The average Bonchev–Trinajstić information content (AvgIpc) is 3.45. The van der Waals surface area contributed by atoms with E-state index in [-0.39, 0.29) is 35.5 Å². The first-order valence-corrected chi connectivity index (χ1v) is 14.1. The number of carbonyl (C=O) groups is 3. The molecule has 3 fully saturated rings. The van der Waals surface area contributed by atoms with Gasteiger partial charge >= 0.3 is 0 Å². The van der Waals surface area contributed by atoms with E-state index in [0.29, 0.717) is 25.3 Å². The number of thioether (sulfide) groups is 1. The van der Waals surface area contributed by atoms with Crippen LogP contribution in [-0.2, 0) is 14.4 Å². The molecule has 3 amide bonds. The van der Waals surface area contributed by atoms with Crippen molar-refractivity contribution in [2.45, 2.75) is 75.5 Å². The summed E-state index contributed by atoms with van der Waals surface area (Å²) in [6.45, 7) is 8.89. The number of ether oxygens (including phenoxy) is 1. The van der Waals surface area contributed by atoms with Crippen molar-refractivity contribution in [1.82, 2.24) is 10.2 Å². The number of amides is 3.